The molecule has 0 unspecified atom stereocenters. The number of aliphatic hydroxyl groups excluding tert-OH is 2. The number of unbranched alkanes of at least 4 members (excludes halogenated alkanes) is 1. The average Bonchev–Trinajstić information content (AvgIpc) is 2.56. The van der Waals surface area contributed by atoms with E-state index >= 15 is 0 Å². The summed E-state index contributed by atoms with van der Waals surface area (Å²) in [5.41, 5.74) is 0. The summed E-state index contributed by atoms with van der Waals surface area (Å²) in [6, 6.07) is -1.53. The molecule has 0 saturated carbocycles. The van der Waals surface area contributed by atoms with E-state index in [0.717, 1.165) is 12.8 Å². The van der Waals surface area contributed by atoms with Crippen molar-refractivity contribution in [3.63, 3.8) is 0 Å². The van der Waals surface area contributed by atoms with Crippen LogP contribution in [0.5, 0.6) is 0 Å². The van der Waals surface area contributed by atoms with Crippen molar-refractivity contribution < 1.29 is 19.0 Å². The Hall–Kier alpha value is -0.260. The van der Waals surface area contributed by atoms with Gasteiger partial charge in [-0.05, 0) is 19.4 Å². The largest absolute Gasteiger partial charge is 0.389 e. The molecule has 2 N–H and O–H groups in total. The summed E-state index contributed by atoms with van der Waals surface area (Å²) in [5, 5.41) is 20.0. The van der Waals surface area contributed by atoms with Crippen molar-refractivity contribution >= 4 is 0 Å². The maximum atomic E-state index is 14.2. The second-order valence-corrected chi connectivity index (χ2v) is 5.74. The zero-order valence-electron chi connectivity index (χ0n) is 11.0. The molecular weight excluding hydrogens is 240 g/mol. The molecule has 0 aromatic carbocycles. The van der Waals surface area contributed by atoms with E-state index in [1.807, 2.05) is 6.92 Å². The van der Waals surface area contributed by atoms with Crippen molar-refractivity contribution in [3.05, 3.63) is 0 Å². The third-order valence-electron chi connectivity index (χ3n) is 4.58. The number of aliphatic hydroxyl groups is 2. The first kappa shape index (κ1) is 14.2. The highest BCUT2D eigenvalue weighted by Crippen LogP contribution is 2.45. The Kier molecular flexibility index (Phi) is 3.95. The SMILES string of the molecule is CCCC[C@@H]1[C@H](O)[C@@H](O)[C@H]2N1CC[C@H](C)C2(F)F. The summed E-state index contributed by atoms with van der Waals surface area (Å²) in [5.74, 6) is -3.65. The summed E-state index contributed by atoms with van der Waals surface area (Å²) in [6.45, 7) is 4.10. The minimum absolute atomic E-state index is 0.316. The fraction of sp³-hybridized carbons (Fsp3) is 1.00. The van der Waals surface area contributed by atoms with Gasteiger partial charge >= 0.3 is 0 Å². The molecule has 0 amide bonds. The van der Waals surface area contributed by atoms with Gasteiger partial charge in [-0.2, -0.15) is 0 Å². The van der Waals surface area contributed by atoms with Gasteiger partial charge in [0, 0.05) is 12.0 Å². The minimum atomic E-state index is -2.92. The Bertz CT molecular complexity index is 301. The molecule has 0 bridgehead atoms. The van der Waals surface area contributed by atoms with Crippen molar-refractivity contribution in [1.82, 2.24) is 4.90 Å². The first-order valence-electron chi connectivity index (χ1n) is 6.91. The van der Waals surface area contributed by atoms with E-state index in [-0.39, 0.29) is 6.04 Å². The van der Waals surface area contributed by atoms with Gasteiger partial charge in [0.2, 0.25) is 0 Å². The van der Waals surface area contributed by atoms with Crippen LogP contribution in [0.1, 0.15) is 39.5 Å². The molecule has 0 spiro atoms. The summed E-state index contributed by atoms with van der Waals surface area (Å²) in [4.78, 5) is 1.64. The highest BCUT2D eigenvalue weighted by Gasteiger charge is 2.61. The van der Waals surface area contributed by atoms with E-state index in [1.54, 1.807) is 4.90 Å². The number of hydrogen-bond acceptors (Lipinski definition) is 3. The van der Waals surface area contributed by atoms with Crippen LogP contribution in [0.15, 0.2) is 0 Å². The molecule has 2 fully saturated rings. The van der Waals surface area contributed by atoms with Crippen molar-refractivity contribution in [2.75, 3.05) is 6.54 Å². The Morgan fingerprint density at radius 2 is 1.94 bits per heavy atom. The van der Waals surface area contributed by atoms with Gasteiger partial charge < -0.3 is 10.2 Å². The van der Waals surface area contributed by atoms with E-state index in [2.05, 4.69) is 0 Å². The molecule has 0 aliphatic carbocycles. The first-order valence-corrected chi connectivity index (χ1v) is 6.91. The molecule has 0 aromatic rings. The summed E-state index contributed by atoms with van der Waals surface area (Å²) in [7, 11) is 0. The van der Waals surface area contributed by atoms with Crippen molar-refractivity contribution in [1.29, 1.82) is 0 Å². The van der Waals surface area contributed by atoms with Crippen LogP contribution in [0.2, 0.25) is 0 Å². The quantitative estimate of drug-likeness (QED) is 0.813. The monoisotopic (exact) mass is 263 g/mol. The molecule has 2 aliphatic heterocycles. The number of nitrogens with zero attached hydrogens (tertiary/aromatic N) is 1. The molecule has 106 valence electrons. The molecule has 2 aliphatic rings. The van der Waals surface area contributed by atoms with Crippen LogP contribution in [-0.4, -0.2) is 51.9 Å². The van der Waals surface area contributed by atoms with Crippen LogP contribution < -0.4 is 0 Å². The predicted octanol–water partition coefficient (Wildman–Crippen LogP) is 1.63. The van der Waals surface area contributed by atoms with Crippen molar-refractivity contribution in [2.45, 2.75) is 69.7 Å². The molecule has 18 heavy (non-hydrogen) atoms. The normalized spacial score (nSPS) is 44.0. The standard InChI is InChI=1S/C13H23F2NO2/c1-3-4-5-9-10(17)11(18)12-13(14,15)8(2)6-7-16(9)12/h8-12,17-18H,3-7H2,1-2H3/t8-,9+,10-,11+,12+/m0/s1. The van der Waals surface area contributed by atoms with E-state index in [4.69, 9.17) is 0 Å². The molecule has 5 atom stereocenters. The summed E-state index contributed by atoms with van der Waals surface area (Å²) < 4.78 is 28.3. The number of hydrogen-bond donors (Lipinski definition) is 2. The van der Waals surface area contributed by atoms with E-state index < -0.39 is 30.1 Å². The number of piperidine rings is 1. The lowest BCUT2D eigenvalue weighted by Crippen LogP contribution is -2.58. The van der Waals surface area contributed by atoms with Crippen LogP contribution >= 0.6 is 0 Å². The predicted molar refractivity (Wildman–Crippen MR) is 64.5 cm³/mol. The molecular formula is C13H23F2NO2. The third-order valence-corrected chi connectivity index (χ3v) is 4.58. The fourth-order valence-electron chi connectivity index (χ4n) is 3.34. The Labute approximate surface area is 107 Å². The number of rotatable bonds is 3. The molecule has 2 heterocycles. The van der Waals surface area contributed by atoms with Crippen molar-refractivity contribution in [2.24, 2.45) is 5.92 Å². The third kappa shape index (κ3) is 2.06. The van der Waals surface area contributed by atoms with E-state index in [9.17, 15) is 19.0 Å². The van der Waals surface area contributed by atoms with E-state index in [1.165, 1.54) is 6.92 Å². The average molecular weight is 263 g/mol. The lowest BCUT2D eigenvalue weighted by molar-refractivity contribution is -0.164. The summed E-state index contributed by atoms with van der Waals surface area (Å²) >= 11 is 0. The number of fused-ring (bicyclic) bond motifs is 1. The zero-order valence-corrected chi connectivity index (χ0v) is 11.0. The highest BCUT2D eigenvalue weighted by atomic mass is 19.3. The summed E-state index contributed by atoms with van der Waals surface area (Å²) in [6.07, 6.45) is 0.576. The molecule has 3 nitrogen and oxygen atoms in total. The van der Waals surface area contributed by atoms with Gasteiger partial charge in [0.25, 0.3) is 5.92 Å². The van der Waals surface area contributed by atoms with Gasteiger partial charge in [-0.25, -0.2) is 8.78 Å². The highest BCUT2D eigenvalue weighted by molar-refractivity contribution is 5.09. The second-order valence-electron chi connectivity index (χ2n) is 5.74. The van der Waals surface area contributed by atoms with Gasteiger partial charge in [-0.3, -0.25) is 4.90 Å². The van der Waals surface area contributed by atoms with Gasteiger partial charge in [0.05, 0.1) is 6.10 Å². The maximum absolute atomic E-state index is 14.2. The Balaban J connectivity index is 2.20. The molecule has 0 aromatic heterocycles. The van der Waals surface area contributed by atoms with Crippen LogP contribution in [-0.2, 0) is 0 Å². The Morgan fingerprint density at radius 3 is 2.56 bits per heavy atom. The molecule has 5 heteroatoms. The van der Waals surface area contributed by atoms with Gasteiger partial charge in [0.1, 0.15) is 12.1 Å². The fourth-order valence-corrected chi connectivity index (χ4v) is 3.34. The Morgan fingerprint density at radius 1 is 1.28 bits per heavy atom. The second kappa shape index (κ2) is 5.02. The van der Waals surface area contributed by atoms with Crippen LogP contribution in [0, 0.1) is 5.92 Å². The van der Waals surface area contributed by atoms with Crippen LogP contribution in [0.3, 0.4) is 0 Å². The van der Waals surface area contributed by atoms with Gasteiger partial charge in [-0.15, -0.1) is 0 Å². The topological polar surface area (TPSA) is 43.7 Å². The number of alkyl halides is 2. The van der Waals surface area contributed by atoms with Crippen LogP contribution in [0.4, 0.5) is 8.78 Å². The first-order chi connectivity index (χ1) is 8.41. The lowest BCUT2D eigenvalue weighted by Gasteiger charge is -2.43. The molecule has 2 rings (SSSR count). The van der Waals surface area contributed by atoms with Gasteiger partial charge in [-0.1, -0.05) is 26.7 Å². The lowest BCUT2D eigenvalue weighted by atomic mass is 9.87. The molecule has 0 radical (unpaired) electrons. The number of halogens is 2. The van der Waals surface area contributed by atoms with Crippen LogP contribution in [0.25, 0.3) is 0 Å². The van der Waals surface area contributed by atoms with E-state index in [0.29, 0.717) is 19.4 Å². The smallest absolute Gasteiger partial charge is 0.268 e. The van der Waals surface area contributed by atoms with Gasteiger partial charge in [0.15, 0.2) is 0 Å². The minimum Gasteiger partial charge on any atom is -0.389 e. The van der Waals surface area contributed by atoms with Crippen molar-refractivity contribution in [3.8, 4) is 0 Å². The molecule has 2 saturated heterocycles. The maximum Gasteiger partial charge on any atom is 0.268 e. The zero-order chi connectivity index (χ0) is 13.5.